The van der Waals surface area contributed by atoms with Gasteiger partial charge in [-0.1, -0.05) is 32.9 Å². The van der Waals surface area contributed by atoms with Crippen molar-refractivity contribution in [2.45, 2.75) is 46.5 Å². The molecule has 2 atom stereocenters. The Kier molecular flexibility index (Phi) is 3.82. The van der Waals surface area contributed by atoms with Crippen LogP contribution in [0.4, 0.5) is 5.69 Å². The minimum Gasteiger partial charge on any atom is -0.299 e. The quantitative estimate of drug-likeness (QED) is 0.897. The van der Waals surface area contributed by atoms with Crippen molar-refractivity contribution in [3.63, 3.8) is 0 Å². The topological polar surface area (TPSA) is 63.2 Å². The van der Waals surface area contributed by atoms with Gasteiger partial charge in [-0.05, 0) is 48.3 Å². The molecule has 2 fully saturated rings. The Labute approximate surface area is 138 Å². The molecule has 0 aromatic heterocycles. The van der Waals surface area contributed by atoms with E-state index in [0.29, 0.717) is 24.4 Å². The fourth-order valence-corrected chi connectivity index (χ4v) is 6.35. The highest BCUT2D eigenvalue weighted by atomic mass is 32.2. The average molecular weight is 335 g/mol. The predicted octanol–water partition coefficient (Wildman–Crippen LogP) is 3.39. The summed E-state index contributed by atoms with van der Waals surface area (Å²) in [6.07, 6.45) is 3.10. The molecule has 0 saturated heterocycles. The first-order valence-electron chi connectivity index (χ1n) is 8.33. The number of hydrogen-bond donors (Lipinski definition) is 1. The molecule has 2 saturated carbocycles. The minimum absolute atomic E-state index is 0.0993. The Morgan fingerprint density at radius 2 is 1.87 bits per heavy atom. The number of sulfonamides is 1. The van der Waals surface area contributed by atoms with E-state index in [9.17, 15) is 13.2 Å². The molecule has 0 unspecified atom stereocenters. The second-order valence-corrected chi connectivity index (χ2v) is 9.30. The highest BCUT2D eigenvalue weighted by Gasteiger charge is 2.65. The van der Waals surface area contributed by atoms with Crippen LogP contribution in [0, 0.1) is 16.7 Å². The van der Waals surface area contributed by atoms with Crippen molar-refractivity contribution in [3.05, 3.63) is 29.8 Å². The number of hydrogen-bond acceptors (Lipinski definition) is 3. The van der Waals surface area contributed by atoms with Gasteiger partial charge in [0.15, 0.2) is 0 Å². The van der Waals surface area contributed by atoms with Crippen LogP contribution in [0.15, 0.2) is 24.3 Å². The predicted molar refractivity (Wildman–Crippen MR) is 91.8 cm³/mol. The maximum absolute atomic E-state index is 12.7. The van der Waals surface area contributed by atoms with Crippen molar-refractivity contribution in [1.29, 1.82) is 0 Å². The number of nitrogens with one attached hydrogen (secondary N) is 1. The summed E-state index contributed by atoms with van der Waals surface area (Å²) < 4.78 is 28.0. The van der Waals surface area contributed by atoms with Gasteiger partial charge in [0.2, 0.25) is 10.0 Å². The first-order chi connectivity index (χ1) is 10.7. The number of carbonyl (C=O) groups is 1. The molecule has 23 heavy (non-hydrogen) atoms. The summed E-state index contributed by atoms with van der Waals surface area (Å²) in [5, 5.41) is 0. The summed E-state index contributed by atoms with van der Waals surface area (Å²) in [6, 6.07) is 7.42. The molecule has 0 spiro atoms. The van der Waals surface area contributed by atoms with Gasteiger partial charge in [-0.2, -0.15) is 0 Å². The number of anilines is 1. The number of rotatable bonds is 5. The molecule has 0 heterocycles. The lowest BCUT2D eigenvalue weighted by Crippen LogP contribution is -2.43. The maximum atomic E-state index is 12.7. The van der Waals surface area contributed by atoms with Crippen molar-refractivity contribution >= 4 is 21.5 Å². The standard InChI is InChI=1S/C18H25NO3S/c1-4-13-5-7-15(8-6-13)19-23(21,22)12-18-10-9-14(11-16(18)20)17(18,2)3/h5-8,14,19H,4,9-12H2,1-3H3/t14-,18-/m0/s1. The highest BCUT2D eigenvalue weighted by molar-refractivity contribution is 7.92. The van der Waals surface area contributed by atoms with Crippen LogP contribution in [0.2, 0.25) is 0 Å². The molecule has 2 aliphatic carbocycles. The molecule has 1 aromatic rings. The zero-order valence-electron chi connectivity index (χ0n) is 14.1. The number of aryl methyl sites for hydroxylation is 1. The molecule has 0 aliphatic heterocycles. The Morgan fingerprint density at radius 1 is 1.22 bits per heavy atom. The summed E-state index contributed by atoms with van der Waals surface area (Å²) in [5.74, 6) is 0.359. The normalized spacial score (nSPS) is 29.0. The van der Waals surface area contributed by atoms with Crippen LogP contribution in [-0.2, 0) is 21.2 Å². The first kappa shape index (κ1) is 16.5. The van der Waals surface area contributed by atoms with Crippen molar-refractivity contribution in [3.8, 4) is 0 Å². The Hall–Kier alpha value is -1.36. The largest absolute Gasteiger partial charge is 0.299 e. The van der Waals surface area contributed by atoms with Gasteiger partial charge in [-0.15, -0.1) is 0 Å². The molecule has 4 nitrogen and oxygen atoms in total. The molecule has 1 N–H and O–H groups in total. The zero-order valence-corrected chi connectivity index (χ0v) is 14.9. The fraction of sp³-hybridized carbons (Fsp3) is 0.611. The van der Waals surface area contributed by atoms with E-state index in [0.717, 1.165) is 18.4 Å². The molecule has 0 radical (unpaired) electrons. The van der Waals surface area contributed by atoms with Gasteiger partial charge in [0.1, 0.15) is 5.78 Å². The number of benzene rings is 1. The zero-order chi connectivity index (χ0) is 16.9. The van der Waals surface area contributed by atoms with Gasteiger partial charge >= 0.3 is 0 Å². The van der Waals surface area contributed by atoms with Crippen LogP contribution in [-0.4, -0.2) is 20.0 Å². The lowest BCUT2D eigenvalue weighted by molar-refractivity contribution is -0.128. The molecule has 126 valence electrons. The summed E-state index contributed by atoms with van der Waals surface area (Å²) >= 11 is 0. The van der Waals surface area contributed by atoms with E-state index in [-0.39, 0.29) is 17.0 Å². The lowest BCUT2D eigenvalue weighted by atomic mass is 9.70. The van der Waals surface area contributed by atoms with Gasteiger partial charge in [0, 0.05) is 12.1 Å². The van der Waals surface area contributed by atoms with Gasteiger partial charge in [-0.25, -0.2) is 8.42 Å². The van der Waals surface area contributed by atoms with E-state index in [2.05, 4.69) is 25.5 Å². The summed E-state index contributed by atoms with van der Waals surface area (Å²) in [4.78, 5) is 12.5. The van der Waals surface area contributed by atoms with Crippen LogP contribution in [0.3, 0.4) is 0 Å². The summed E-state index contributed by atoms with van der Waals surface area (Å²) in [6.45, 7) is 6.17. The molecule has 1 aromatic carbocycles. The van der Waals surface area contributed by atoms with Crippen LogP contribution >= 0.6 is 0 Å². The van der Waals surface area contributed by atoms with Crippen molar-refractivity contribution in [1.82, 2.24) is 0 Å². The SMILES string of the molecule is CCc1ccc(NS(=O)(=O)C[C@@]23CC[C@@H](CC2=O)C3(C)C)cc1. The van der Waals surface area contributed by atoms with E-state index in [1.54, 1.807) is 12.1 Å². The molecule has 2 aliphatic rings. The van der Waals surface area contributed by atoms with Gasteiger partial charge in [-0.3, -0.25) is 9.52 Å². The Bertz CT molecular complexity index is 721. The van der Waals surface area contributed by atoms with Crippen LogP contribution in [0.25, 0.3) is 0 Å². The monoisotopic (exact) mass is 335 g/mol. The molecular formula is C18H25NO3S. The summed E-state index contributed by atoms with van der Waals surface area (Å²) in [7, 11) is -3.56. The number of fused-ring (bicyclic) bond motifs is 2. The molecule has 0 amide bonds. The van der Waals surface area contributed by atoms with Crippen molar-refractivity contribution < 1.29 is 13.2 Å². The lowest BCUT2D eigenvalue weighted by Gasteiger charge is -2.36. The number of Topliss-reactive ketones (excluding diaryl/α,β-unsaturated/α-hetero) is 1. The summed E-state index contributed by atoms with van der Waals surface area (Å²) in [5.41, 5.74) is 0.784. The fourth-order valence-electron chi connectivity index (χ4n) is 4.46. The molecular weight excluding hydrogens is 310 g/mol. The second-order valence-electron chi connectivity index (χ2n) is 7.58. The third-order valence-electron chi connectivity index (χ3n) is 6.21. The number of carbonyl (C=O) groups excluding carboxylic acids is 1. The van der Waals surface area contributed by atoms with E-state index in [4.69, 9.17) is 0 Å². The third kappa shape index (κ3) is 2.59. The van der Waals surface area contributed by atoms with Gasteiger partial charge < -0.3 is 0 Å². The average Bonchev–Trinajstić information content (AvgIpc) is 2.81. The van der Waals surface area contributed by atoms with Crippen LogP contribution in [0.1, 0.15) is 45.6 Å². The first-order valence-corrected chi connectivity index (χ1v) is 9.98. The Balaban J connectivity index is 1.82. The van der Waals surface area contributed by atoms with Crippen LogP contribution < -0.4 is 4.72 Å². The molecule has 5 heteroatoms. The highest BCUT2D eigenvalue weighted by Crippen LogP contribution is 2.64. The third-order valence-corrected chi connectivity index (χ3v) is 7.63. The van der Waals surface area contributed by atoms with Crippen molar-refractivity contribution in [2.24, 2.45) is 16.7 Å². The smallest absolute Gasteiger partial charge is 0.233 e. The minimum atomic E-state index is -3.56. The van der Waals surface area contributed by atoms with E-state index < -0.39 is 15.4 Å². The Morgan fingerprint density at radius 3 is 2.35 bits per heavy atom. The van der Waals surface area contributed by atoms with E-state index in [1.807, 2.05) is 12.1 Å². The second kappa shape index (κ2) is 5.33. The van der Waals surface area contributed by atoms with E-state index in [1.165, 1.54) is 0 Å². The van der Waals surface area contributed by atoms with Gasteiger partial charge in [0.25, 0.3) is 0 Å². The molecule has 3 rings (SSSR count). The van der Waals surface area contributed by atoms with Crippen LogP contribution in [0.5, 0.6) is 0 Å². The van der Waals surface area contributed by atoms with Crippen molar-refractivity contribution in [2.75, 3.05) is 10.5 Å². The van der Waals surface area contributed by atoms with E-state index >= 15 is 0 Å². The number of ketones is 1. The molecule has 2 bridgehead atoms. The maximum Gasteiger partial charge on any atom is 0.233 e. The van der Waals surface area contributed by atoms with Gasteiger partial charge in [0.05, 0.1) is 11.2 Å².